The molecule has 122 valence electrons. The van der Waals surface area contributed by atoms with E-state index in [1.807, 2.05) is 60.7 Å². The van der Waals surface area contributed by atoms with Gasteiger partial charge in [0.25, 0.3) is 0 Å². The molecule has 2 aromatic carbocycles. The zero-order valence-electron chi connectivity index (χ0n) is 12.5. The first-order valence-corrected chi connectivity index (χ1v) is 6.79. The molecule has 0 heterocycles. The number of rotatable bonds is 5. The van der Waals surface area contributed by atoms with Gasteiger partial charge < -0.3 is 10.2 Å². The molecule has 0 amide bonds. The van der Waals surface area contributed by atoms with Crippen LogP contribution in [0.3, 0.4) is 0 Å². The fourth-order valence-electron chi connectivity index (χ4n) is 1.63. The highest BCUT2D eigenvalue weighted by molar-refractivity contribution is 5.85. The molecule has 0 unspecified atom stereocenters. The van der Waals surface area contributed by atoms with Crippen LogP contribution in [0.1, 0.15) is 17.5 Å². The summed E-state index contributed by atoms with van der Waals surface area (Å²) >= 11 is 0. The van der Waals surface area contributed by atoms with E-state index in [1.165, 1.54) is 0 Å². The maximum absolute atomic E-state index is 10.2. The molecule has 0 fully saturated rings. The molecule has 2 aromatic rings. The minimum Gasteiger partial charge on any atom is -0.481 e. The van der Waals surface area contributed by atoms with Gasteiger partial charge in [-0.05, 0) is 23.6 Å². The maximum atomic E-state index is 10.2. The van der Waals surface area contributed by atoms with Crippen molar-refractivity contribution in [1.82, 2.24) is 0 Å². The third-order valence-electron chi connectivity index (χ3n) is 2.69. The van der Waals surface area contributed by atoms with Crippen molar-refractivity contribution in [2.45, 2.75) is 12.8 Å². The lowest BCUT2D eigenvalue weighted by atomic mass is 10.1. The second-order valence-corrected chi connectivity index (χ2v) is 4.46. The molecule has 0 radical (unpaired) electrons. The van der Waals surface area contributed by atoms with Crippen LogP contribution in [0, 0.1) is 0 Å². The molecule has 0 aromatic heterocycles. The minimum atomic E-state index is -0.922. The van der Waals surface area contributed by atoms with Crippen LogP contribution in [-0.2, 0) is 16.0 Å². The molecule has 2 N–H and O–H groups in total. The smallest absolute Gasteiger partial charge is 0.328 e. The van der Waals surface area contributed by atoms with Gasteiger partial charge in [0, 0.05) is 12.5 Å². The lowest BCUT2D eigenvalue weighted by Crippen LogP contribution is -1.96. The quantitative estimate of drug-likeness (QED) is 0.813. The molecular formula is C18H19ClO4. The van der Waals surface area contributed by atoms with Crippen molar-refractivity contribution in [3.63, 3.8) is 0 Å². The molecule has 0 aliphatic rings. The molecule has 0 spiro atoms. The van der Waals surface area contributed by atoms with Crippen LogP contribution in [-0.4, -0.2) is 22.2 Å². The second kappa shape index (κ2) is 12.0. The summed E-state index contributed by atoms with van der Waals surface area (Å²) in [5, 5.41) is 16.7. The number of aryl methyl sites for hydroxylation is 1. The summed E-state index contributed by atoms with van der Waals surface area (Å²) in [5.41, 5.74) is 1.98. The van der Waals surface area contributed by atoms with Crippen LogP contribution in [0.4, 0.5) is 0 Å². The molecule has 2 rings (SSSR count). The highest BCUT2D eigenvalue weighted by Gasteiger charge is 1.96. The molecule has 4 nitrogen and oxygen atoms in total. The Hall–Kier alpha value is -2.59. The molecule has 0 aliphatic carbocycles. The highest BCUT2D eigenvalue weighted by atomic mass is 35.5. The summed E-state index contributed by atoms with van der Waals surface area (Å²) < 4.78 is 0. The molecule has 0 aliphatic heterocycles. The van der Waals surface area contributed by atoms with E-state index < -0.39 is 11.9 Å². The average molecular weight is 335 g/mol. The fourth-order valence-corrected chi connectivity index (χ4v) is 1.63. The van der Waals surface area contributed by atoms with Crippen molar-refractivity contribution >= 4 is 30.4 Å². The lowest BCUT2D eigenvalue weighted by molar-refractivity contribution is -0.137. The van der Waals surface area contributed by atoms with E-state index in [1.54, 1.807) is 6.08 Å². The van der Waals surface area contributed by atoms with E-state index in [-0.39, 0.29) is 18.8 Å². The van der Waals surface area contributed by atoms with Gasteiger partial charge in [-0.2, -0.15) is 0 Å². The van der Waals surface area contributed by atoms with Gasteiger partial charge in [0.05, 0.1) is 0 Å². The lowest BCUT2D eigenvalue weighted by Gasteiger charge is -1.95. The molecule has 0 saturated carbocycles. The number of carbonyl (C=O) groups is 2. The standard InChI is InChI=1S/C9H10O2.C9H8O2.ClH/c2*10-9(11)7-6-8-4-2-1-3-5-8;/h1-5H,6-7H2,(H,10,11);1-7H,(H,10,11);1H. The predicted molar refractivity (Wildman–Crippen MR) is 92.8 cm³/mol. The number of aliphatic carboxylic acids is 2. The monoisotopic (exact) mass is 334 g/mol. The normalized spacial score (nSPS) is 9.39. The Morgan fingerprint density at radius 3 is 1.87 bits per heavy atom. The molecule has 23 heavy (non-hydrogen) atoms. The van der Waals surface area contributed by atoms with Gasteiger partial charge in [-0.3, -0.25) is 4.79 Å². The van der Waals surface area contributed by atoms with Crippen molar-refractivity contribution in [3.8, 4) is 0 Å². The van der Waals surface area contributed by atoms with E-state index >= 15 is 0 Å². The van der Waals surface area contributed by atoms with Crippen LogP contribution >= 0.6 is 12.4 Å². The highest BCUT2D eigenvalue weighted by Crippen LogP contribution is 2.01. The van der Waals surface area contributed by atoms with E-state index in [2.05, 4.69) is 0 Å². The predicted octanol–water partition coefficient (Wildman–Crippen LogP) is 3.91. The minimum absolute atomic E-state index is 0. The third kappa shape index (κ3) is 10.7. The molecule has 0 bridgehead atoms. The number of hydrogen-bond donors (Lipinski definition) is 2. The van der Waals surface area contributed by atoms with E-state index in [0.717, 1.165) is 17.2 Å². The second-order valence-electron chi connectivity index (χ2n) is 4.46. The Kier molecular flexibility index (Phi) is 10.7. The van der Waals surface area contributed by atoms with Crippen molar-refractivity contribution < 1.29 is 19.8 Å². The van der Waals surface area contributed by atoms with Gasteiger partial charge in [0.1, 0.15) is 0 Å². The Morgan fingerprint density at radius 2 is 1.39 bits per heavy atom. The van der Waals surface area contributed by atoms with Gasteiger partial charge in [-0.1, -0.05) is 60.7 Å². The van der Waals surface area contributed by atoms with Crippen LogP contribution in [0.25, 0.3) is 6.08 Å². The van der Waals surface area contributed by atoms with Gasteiger partial charge in [-0.25, -0.2) is 4.79 Å². The number of halogens is 1. The van der Waals surface area contributed by atoms with Crippen molar-refractivity contribution in [3.05, 3.63) is 77.9 Å². The summed E-state index contributed by atoms with van der Waals surface area (Å²) in [6.45, 7) is 0. The van der Waals surface area contributed by atoms with Crippen molar-refractivity contribution in [2.24, 2.45) is 0 Å². The number of carboxylic acids is 2. The number of hydrogen-bond acceptors (Lipinski definition) is 2. The maximum Gasteiger partial charge on any atom is 0.328 e. The summed E-state index contributed by atoms with van der Waals surface area (Å²) in [6, 6.07) is 18.9. The Bertz CT molecular complexity index is 609. The molecule has 5 heteroatoms. The van der Waals surface area contributed by atoms with Gasteiger partial charge in [0.2, 0.25) is 0 Å². The van der Waals surface area contributed by atoms with Crippen molar-refractivity contribution in [2.75, 3.05) is 0 Å². The third-order valence-corrected chi connectivity index (χ3v) is 2.69. The van der Waals surface area contributed by atoms with Gasteiger partial charge in [-0.15, -0.1) is 12.4 Å². The Morgan fingerprint density at radius 1 is 0.870 bits per heavy atom. The van der Waals surface area contributed by atoms with Crippen LogP contribution in [0.5, 0.6) is 0 Å². The van der Waals surface area contributed by atoms with Crippen LogP contribution in [0.15, 0.2) is 66.7 Å². The summed E-state index contributed by atoms with van der Waals surface area (Å²) in [7, 11) is 0. The van der Waals surface area contributed by atoms with Crippen LogP contribution in [0.2, 0.25) is 0 Å². The molecule has 0 saturated heterocycles. The number of carboxylic acid groups (broad SMARTS) is 2. The summed E-state index contributed by atoms with van der Waals surface area (Å²) in [4.78, 5) is 20.3. The SMILES string of the molecule is Cl.O=C(O)C=Cc1ccccc1.O=C(O)CCc1ccccc1. The first kappa shape index (κ1) is 20.4. The van der Waals surface area contributed by atoms with Gasteiger partial charge in [0.15, 0.2) is 0 Å². The first-order chi connectivity index (χ1) is 10.6. The largest absolute Gasteiger partial charge is 0.481 e. The average Bonchev–Trinajstić information content (AvgIpc) is 2.53. The summed E-state index contributed by atoms with van der Waals surface area (Å²) in [5.74, 6) is -1.66. The topological polar surface area (TPSA) is 74.6 Å². The zero-order chi connectivity index (χ0) is 16.2. The van der Waals surface area contributed by atoms with Crippen molar-refractivity contribution in [1.29, 1.82) is 0 Å². The molecule has 0 atom stereocenters. The van der Waals surface area contributed by atoms with Gasteiger partial charge >= 0.3 is 11.9 Å². The van der Waals surface area contributed by atoms with E-state index in [0.29, 0.717) is 6.42 Å². The summed E-state index contributed by atoms with van der Waals surface area (Å²) in [6.07, 6.45) is 3.51. The zero-order valence-corrected chi connectivity index (χ0v) is 13.3. The Labute approximate surface area is 141 Å². The number of benzene rings is 2. The van der Waals surface area contributed by atoms with E-state index in [4.69, 9.17) is 10.2 Å². The fraction of sp³-hybridized carbons (Fsp3) is 0.111. The Balaban J connectivity index is 0.000000403. The molecular weight excluding hydrogens is 316 g/mol. The first-order valence-electron chi connectivity index (χ1n) is 6.79. The van der Waals surface area contributed by atoms with Crippen LogP contribution < -0.4 is 0 Å². The van der Waals surface area contributed by atoms with E-state index in [9.17, 15) is 9.59 Å².